The first-order chi connectivity index (χ1) is 8.31. The zero-order valence-corrected chi connectivity index (χ0v) is 10.4. The Kier molecular flexibility index (Phi) is 4.07. The maximum Gasteiger partial charge on any atom is 0.0746 e. The standard InChI is InChI=1S/C14H19N3/c1-11(9-15-2)17-10-13-6-3-5-12-7-4-8-16-14(12)13/h3-8,11,15,17H,9-10H2,1-2H3. The van der Waals surface area contributed by atoms with Crippen LogP contribution in [0.2, 0.25) is 0 Å². The molecule has 0 saturated carbocycles. The number of pyridine rings is 1. The Bertz CT molecular complexity index is 476. The van der Waals surface area contributed by atoms with Gasteiger partial charge in [-0.05, 0) is 25.6 Å². The largest absolute Gasteiger partial charge is 0.318 e. The number of rotatable bonds is 5. The van der Waals surface area contributed by atoms with Gasteiger partial charge in [0, 0.05) is 30.7 Å². The van der Waals surface area contributed by atoms with E-state index in [9.17, 15) is 0 Å². The van der Waals surface area contributed by atoms with Crippen LogP contribution in [0.3, 0.4) is 0 Å². The van der Waals surface area contributed by atoms with Crippen molar-refractivity contribution in [3.63, 3.8) is 0 Å². The van der Waals surface area contributed by atoms with Gasteiger partial charge in [0.25, 0.3) is 0 Å². The van der Waals surface area contributed by atoms with Crippen molar-refractivity contribution in [2.45, 2.75) is 19.5 Å². The van der Waals surface area contributed by atoms with Crippen molar-refractivity contribution in [1.29, 1.82) is 0 Å². The Morgan fingerprint density at radius 3 is 2.88 bits per heavy atom. The maximum atomic E-state index is 4.45. The van der Waals surface area contributed by atoms with E-state index >= 15 is 0 Å². The van der Waals surface area contributed by atoms with E-state index < -0.39 is 0 Å². The minimum absolute atomic E-state index is 0.457. The Balaban J connectivity index is 2.13. The first kappa shape index (κ1) is 12.0. The molecule has 0 aliphatic rings. The van der Waals surface area contributed by atoms with Crippen LogP contribution in [0.25, 0.3) is 10.9 Å². The summed E-state index contributed by atoms with van der Waals surface area (Å²) in [6.45, 7) is 4.00. The summed E-state index contributed by atoms with van der Waals surface area (Å²) in [6, 6.07) is 10.9. The van der Waals surface area contributed by atoms with Gasteiger partial charge in [0.15, 0.2) is 0 Å². The topological polar surface area (TPSA) is 37.0 Å². The molecule has 17 heavy (non-hydrogen) atoms. The van der Waals surface area contributed by atoms with E-state index in [0.717, 1.165) is 18.6 Å². The molecule has 3 nitrogen and oxygen atoms in total. The van der Waals surface area contributed by atoms with Crippen molar-refractivity contribution >= 4 is 10.9 Å². The summed E-state index contributed by atoms with van der Waals surface area (Å²) in [4.78, 5) is 4.45. The summed E-state index contributed by atoms with van der Waals surface area (Å²) in [6.07, 6.45) is 1.85. The van der Waals surface area contributed by atoms with Gasteiger partial charge in [-0.2, -0.15) is 0 Å². The molecular formula is C14H19N3. The predicted octanol–water partition coefficient (Wildman–Crippen LogP) is 1.93. The lowest BCUT2D eigenvalue weighted by molar-refractivity contribution is 0.524. The second-order valence-electron chi connectivity index (χ2n) is 4.33. The average molecular weight is 229 g/mol. The molecule has 0 radical (unpaired) electrons. The molecule has 1 aromatic heterocycles. The molecule has 1 unspecified atom stereocenters. The molecule has 0 aliphatic heterocycles. The van der Waals surface area contributed by atoms with Gasteiger partial charge < -0.3 is 10.6 Å². The number of hydrogen-bond donors (Lipinski definition) is 2. The molecule has 90 valence electrons. The molecule has 0 spiro atoms. The van der Waals surface area contributed by atoms with E-state index in [-0.39, 0.29) is 0 Å². The van der Waals surface area contributed by atoms with Gasteiger partial charge in [0.05, 0.1) is 5.52 Å². The summed E-state index contributed by atoms with van der Waals surface area (Å²) < 4.78 is 0. The third-order valence-electron chi connectivity index (χ3n) is 2.87. The van der Waals surface area contributed by atoms with Crippen LogP contribution < -0.4 is 10.6 Å². The Morgan fingerprint density at radius 2 is 2.06 bits per heavy atom. The lowest BCUT2D eigenvalue weighted by atomic mass is 10.1. The molecule has 0 amide bonds. The highest BCUT2D eigenvalue weighted by molar-refractivity contribution is 5.81. The highest BCUT2D eigenvalue weighted by atomic mass is 15.0. The van der Waals surface area contributed by atoms with Crippen LogP contribution in [0, 0.1) is 0 Å². The fourth-order valence-corrected chi connectivity index (χ4v) is 1.97. The number of para-hydroxylation sites is 1. The van der Waals surface area contributed by atoms with Gasteiger partial charge in [-0.1, -0.05) is 24.3 Å². The summed E-state index contributed by atoms with van der Waals surface area (Å²) in [7, 11) is 1.97. The van der Waals surface area contributed by atoms with Gasteiger partial charge in [0.2, 0.25) is 0 Å². The van der Waals surface area contributed by atoms with Crippen LogP contribution in [0.4, 0.5) is 0 Å². The predicted molar refractivity (Wildman–Crippen MR) is 72.0 cm³/mol. The van der Waals surface area contributed by atoms with Crippen molar-refractivity contribution in [3.05, 3.63) is 42.1 Å². The molecule has 0 saturated heterocycles. The number of nitrogens with one attached hydrogen (secondary N) is 2. The zero-order valence-electron chi connectivity index (χ0n) is 10.4. The van der Waals surface area contributed by atoms with E-state index in [0.29, 0.717) is 6.04 Å². The van der Waals surface area contributed by atoms with Crippen molar-refractivity contribution in [1.82, 2.24) is 15.6 Å². The van der Waals surface area contributed by atoms with Crippen LogP contribution in [0.15, 0.2) is 36.5 Å². The molecule has 2 N–H and O–H groups in total. The fraction of sp³-hybridized carbons (Fsp3) is 0.357. The smallest absolute Gasteiger partial charge is 0.0746 e. The third-order valence-corrected chi connectivity index (χ3v) is 2.87. The molecule has 0 fully saturated rings. The highest BCUT2D eigenvalue weighted by Crippen LogP contribution is 2.15. The molecule has 1 atom stereocenters. The van der Waals surface area contributed by atoms with Crippen LogP contribution in [0.5, 0.6) is 0 Å². The summed E-state index contributed by atoms with van der Waals surface area (Å²) in [5.74, 6) is 0. The lowest BCUT2D eigenvalue weighted by Gasteiger charge is -2.13. The maximum absolute atomic E-state index is 4.45. The summed E-state index contributed by atoms with van der Waals surface area (Å²) >= 11 is 0. The molecule has 3 heteroatoms. The van der Waals surface area contributed by atoms with Crippen molar-refractivity contribution < 1.29 is 0 Å². The highest BCUT2D eigenvalue weighted by Gasteiger charge is 2.03. The van der Waals surface area contributed by atoms with Crippen molar-refractivity contribution in [2.24, 2.45) is 0 Å². The third kappa shape index (κ3) is 3.02. The van der Waals surface area contributed by atoms with E-state index in [1.54, 1.807) is 0 Å². The number of fused-ring (bicyclic) bond motifs is 1. The van der Waals surface area contributed by atoms with Crippen LogP contribution in [-0.4, -0.2) is 24.6 Å². The molecule has 0 bridgehead atoms. The Hall–Kier alpha value is -1.45. The first-order valence-electron chi connectivity index (χ1n) is 6.02. The molecule has 1 heterocycles. The second kappa shape index (κ2) is 5.75. The Morgan fingerprint density at radius 1 is 1.24 bits per heavy atom. The summed E-state index contributed by atoms with van der Waals surface area (Å²) in [5.41, 5.74) is 2.35. The average Bonchev–Trinajstić information content (AvgIpc) is 2.36. The van der Waals surface area contributed by atoms with E-state index in [1.807, 2.05) is 19.3 Å². The quantitative estimate of drug-likeness (QED) is 0.822. The van der Waals surface area contributed by atoms with Crippen LogP contribution in [0.1, 0.15) is 12.5 Å². The number of likely N-dealkylation sites (N-methyl/N-ethyl adjacent to an activating group) is 1. The number of benzene rings is 1. The lowest BCUT2D eigenvalue weighted by Crippen LogP contribution is -2.34. The number of nitrogens with zero attached hydrogens (tertiary/aromatic N) is 1. The second-order valence-corrected chi connectivity index (χ2v) is 4.33. The van der Waals surface area contributed by atoms with Gasteiger partial charge in [-0.25, -0.2) is 0 Å². The van der Waals surface area contributed by atoms with E-state index in [4.69, 9.17) is 0 Å². The molecule has 0 aliphatic carbocycles. The summed E-state index contributed by atoms with van der Waals surface area (Å²) in [5, 5.41) is 7.85. The number of hydrogen-bond acceptors (Lipinski definition) is 3. The molecule has 1 aromatic carbocycles. The van der Waals surface area contributed by atoms with Gasteiger partial charge in [-0.15, -0.1) is 0 Å². The molecular weight excluding hydrogens is 210 g/mol. The van der Waals surface area contributed by atoms with E-state index in [1.165, 1.54) is 10.9 Å². The minimum atomic E-state index is 0.457. The van der Waals surface area contributed by atoms with Gasteiger partial charge >= 0.3 is 0 Å². The van der Waals surface area contributed by atoms with Crippen LogP contribution in [-0.2, 0) is 6.54 Å². The minimum Gasteiger partial charge on any atom is -0.318 e. The first-order valence-corrected chi connectivity index (χ1v) is 6.02. The van der Waals surface area contributed by atoms with Crippen molar-refractivity contribution in [3.8, 4) is 0 Å². The monoisotopic (exact) mass is 229 g/mol. The van der Waals surface area contributed by atoms with Crippen molar-refractivity contribution in [2.75, 3.05) is 13.6 Å². The normalized spacial score (nSPS) is 12.8. The fourth-order valence-electron chi connectivity index (χ4n) is 1.97. The van der Waals surface area contributed by atoms with Gasteiger partial charge in [0.1, 0.15) is 0 Å². The van der Waals surface area contributed by atoms with Crippen LogP contribution >= 0.6 is 0 Å². The zero-order chi connectivity index (χ0) is 12.1. The van der Waals surface area contributed by atoms with Gasteiger partial charge in [-0.3, -0.25) is 4.98 Å². The Labute approximate surface area is 102 Å². The van der Waals surface area contributed by atoms with E-state index in [2.05, 4.69) is 46.8 Å². The molecule has 2 aromatic rings. The molecule has 2 rings (SSSR count). The number of aromatic nitrogens is 1. The SMILES string of the molecule is CNCC(C)NCc1cccc2cccnc12.